The molecule has 0 atom stereocenters. The molecular formula is C12H22O2. The minimum Gasteiger partial charge on any atom is -0.463 e. The van der Waals surface area contributed by atoms with E-state index in [0.29, 0.717) is 6.61 Å². The minimum absolute atomic E-state index is 0.147. The van der Waals surface area contributed by atoms with E-state index < -0.39 is 0 Å². The molecule has 14 heavy (non-hydrogen) atoms. The van der Waals surface area contributed by atoms with Gasteiger partial charge >= 0.3 is 5.97 Å². The average molecular weight is 198 g/mol. The summed E-state index contributed by atoms with van der Waals surface area (Å²) in [5.41, 5.74) is 0.822. The summed E-state index contributed by atoms with van der Waals surface area (Å²) in [4.78, 5) is 11.3. The molecule has 0 bridgehead atoms. The maximum absolute atomic E-state index is 11.3. The van der Waals surface area contributed by atoms with E-state index in [1.54, 1.807) is 0 Å². The molecule has 0 aliphatic rings. The highest BCUT2D eigenvalue weighted by molar-refractivity contribution is 5.88. The average Bonchev–Trinajstić information content (AvgIpc) is 2.18. The Labute approximate surface area is 87.3 Å². The second kappa shape index (κ2) is 8.79. The number of carbonyl (C=O) groups excluding carboxylic acids is 1. The minimum atomic E-state index is -0.147. The number of rotatable bonds is 7. The molecule has 0 unspecified atom stereocenters. The number of esters is 1. The molecule has 0 aromatic carbocycles. The lowest BCUT2D eigenvalue weighted by molar-refractivity contribution is -0.138. The fourth-order valence-electron chi connectivity index (χ4n) is 1.33. The summed E-state index contributed by atoms with van der Waals surface area (Å²) in [6, 6.07) is 0. The summed E-state index contributed by atoms with van der Waals surface area (Å²) < 4.78 is 4.94. The first-order chi connectivity index (χ1) is 6.76. The SMILES string of the molecule is C/C=C(\CCCCCC)C(=O)OCC. The fraction of sp³-hybridized carbons (Fsp3) is 0.750. The molecule has 82 valence electrons. The molecule has 2 heteroatoms. The van der Waals surface area contributed by atoms with Gasteiger partial charge in [-0.1, -0.05) is 32.3 Å². The zero-order valence-corrected chi connectivity index (χ0v) is 9.64. The van der Waals surface area contributed by atoms with Gasteiger partial charge in [0.15, 0.2) is 0 Å². The van der Waals surface area contributed by atoms with Crippen LogP contribution in [0, 0.1) is 0 Å². The van der Waals surface area contributed by atoms with Crippen molar-refractivity contribution in [2.45, 2.75) is 52.9 Å². The highest BCUT2D eigenvalue weighted by Crippen LogP contribution is 2.11. The molecule has 0 radical (unpaired) electrons. The van der Waals surface area contributed by atoms with E-state index in [4.69, 9.17) is 4.74 Å². The maximum atomic E-state index is 11.3. The van der Waals surface area contributed by atoms with Crippen LogP contribution in [0.15, 0.2) is 11.6 Å². The van der Waals surface area contributed by atoms with Crippen molar-refractivity contribution in [2.24, 2.45) is 0 Å². The van der Waals surface area contributed by atoms with Crippen LogP contribution in [0.2, 0.25) is 0 Å². The molecule has 0 aliphatic carbocycles. The Kier molecular flexibility index (Phi) is 8.30. The lowest BCUT2D eigenvalue weighted by Gasteiger charge is -2.05. The summed E-state index contributed by atoms with van der Waals surface area (Å²) >= 11 is 0. The number of carbonyl (C=O) groups is 1. The Balaban J connectivity index is 3.75. The van der Waals surface area contributed by atoms with Gasteiger partial charge in [-0.2, -0.15) is 0 Å². The smallest absolute Gasteiger partial charge is 0.333 e. The molecule has 0 saturated carbocycles. The molecule has 0 N–H and O–H groups in total. The number of hydrogen-bond donors (Lipinski definition) is 0. The highest BCUT2D eigenvalue weighted by Gasteiger charge is 2.07. The molecule has 0 aromatic heterocycles. The third-order valence-electron chi connectivity index (χ3n) is 2.19. The van der Waals surface area contributed by atoms with Crippen molar-refractivity contribution in [3.05, 3.63) is 11.6 Å². The van der Waals surface area contributed by atoms with Crippen LogP contribution in [0.3, 0.4) is 0 Å². The molecular weight excluding hydrogens is 176 g/mol. The van der Waals surface area contributed by atoms with E-state index in [2.05, 4.69) is 6.92 Å². The first-order valence-electron chi connectivity index (χ1n) is 5.58. The van der Waals surface area contributed by atoms with Crippen LogP contribution in [0.4, 0.5) is 0 Å². The number of unbranched alkanes of at least 4 members (excludes halogenated alkanes) is 3. The normalized spacial score (nSPS) is 11.5. The Morgan fingerprint density at radius 3 is 2.43 bits per heavy atom. The van der Waals surface area contributed by atoms with Crippen LogP contribution in [0.5, 0.6) is 0 Å². The molecule has 0 aliphatic heterocycles. The van der Waals surface area contributed by atoms with Gasteiger partial charge in [0.05, 0.1) is 6.61 Å². The molecule has 0 saturated heterocycles. The zero-order chi connectivity index (χ0) is 10.8. The Morgan fingerprint density at radius 1 is 1.21 bits per heavy atom. The van der Waals surface area contributed by atoms with Crippen LogP contribution in [0.25, 0.3) is 0 Å². The summed E-state index contributed by atoms with van der Waals surface area (Å²) in [5, 5.41) is 0. The molecule has 0 aromatic rings. The second-order valence-corrected chi connectivity index (χ2v) is 3.35. The molecule has 2 nitrogen and oxygen atoms in total. The molecule has 0 amide bonds. The van der Waals surface area contributed by atoms with E-state index in [0.717, 1.165) is 18.4 Å². The van der Waals surface area contributed by atoms with Crippen LogP contribution in [-0.4, -0.2) is 12.6 Å². The van der Waals surface area contributed by atoms with Gasteiger partial charge < -0.3 is 4.74 Å². The van der Waals surface area contributed by atoms with Crippen molar-refractivity contribution in [3.63, 3.8) is 0 Å². The number of ether oxygens (including phenoxy) is 1. The van der Waals surface area contributed by atoms with Crippen molar-refractivity contribution < 1.29 is 9.53 Å². The molecule has 0 fully saturated rings. The van der Waals surface area contributed by atoms with Crippen LogP contribution in [-0.2, 0) is 9.53 Å². The van der Waals surface area contributed by atoms with Crippen molar-refractivity contribution in [3.8, 4) is 0 Å². The van der Waals surface area contributed by atoms with E-state index in [1.165, 1.54) is 19.3 Å². The van der Waals surface area contributed by atoms with E-state index in [1.807, 2.05) is 19.9 Å². The summed E-state index contributed by atoms with van der Waals surface area (Å²) in [5.74, 6) is -0.147. The van der Waals surface area contributed by atoms with Gasteiger partial charge in [0.25, 0.3) is 0 Å². The first kappa shape index (κ1) is 13.2. The fourth-order valence-corrected chi connectivity index (χ4v) is 1.33. The lowest BCUT2D eigenvalue weighted by atomic mass is 10.1. The van der Waals surface area contributed by atoms with Gasteiger partial charge in [-0.05, 0) is 26.7 Å². The maximum Gasteiger partial charge on any atom is 0.333 e. The van der Waals surface area contributed by atoms with Crippen LogP contribution in [0.1, 0.15) is 52.9 Å². The van der Waals surface area contributed by atoms with E-state index in [9.17, 15) is 4.79 Å². The Hall–Kier alpha value is -0.790. The van der Waals surface area contributed by atoms with Crippen molar-refractivity contribution >= 4 is 5.97 Å². The second-order valence-electron chi connectivity index (χ2n) is 3.35. The van der Waals surface area contributed by atoms with Crippen LogP contribution < -0.4 is 0 Å². The van der Waals surface area contributed by atoms with Gasteiger partial charge in [0.1, 0.15) is 0 Å². The summed E-state index contributed by atoms with van der Waals surface area (Å²) in [6.07, 6.45) is 7.49. The molecule has 0 rings (SSSR count). The Morgan fingerprint density at radius 2 is 1.93 bits per heavy atom. The predicted octanol–water partition coefficient (Wildman–Crippen LogP) is 3.47. The topological polar surface area (TPSA) is 26.3 Å². The summed E-state index contributed by atoms with van der Waals surface area (Å²) in [6.45, 7) is 6.38. The highest BCUT2D eigenvalue weighted by atomic mass is 16.5. The van der Waals surface area contributed by atoms with Gasteiger partial charge in [-0.3, -0.25) is 0 Å². The predicted molar refractivity (Wildman–Crippen MR) is 59.1 cm³/mol. The third kappa shape index (κ3) is 5.79. The van der Waals surface area contributed by atoms with E-state index >= 15 is 0 Å². The first-order valence-corrected chi connectivity index (χ1v) is 5.58. The van der Waals surface area contributed by atoms with Crippen LogP contribution >= 0.6 is 0 Å². The largest absolute Gasteiger partial charge is 0.463 e. The number of hydrogen-bond acceptors (Lipinski definition) is 2. The van der Waals surface area contributed by atoms with Crippen molar-refractivity contribution in [2.75, 3.05) is 6.61 Å². The van der Waals surface area contributed by atoms with Crippen molar-refractivity contribution in [1.82, 2.24) is 0 Å². The van der Waals surface area contributed by atoms with Gasteiger partial charge in [-0.15, -0.1) is 0 Å². The van der Waals surface area contributed by atoms with E-state index in [-0.39, 0.29) is 5.97 Å². The van der Waals surface area contributed by atoms with Gasteiger partial charge in [-0.25, -0.2) is 4.79 Å². The Bertz CT molecular complexity index is 183. The third-order valence-corrected chi connectivity index (χ3v) is 2.19. The van der Waals surface area contributed by atoms with Gasteiger partial charge in [0, 0.05) is 5.57 Å². The lowest BCUT2D eigenvalue weighted by Crippen LogP contribution is -2.07. The monoisotopic (exact) mass is 198 g/mol. The summed E-state index contributed by atoms with van der Waals surface area (Å²) in [7, 11) is 0. The molecule has 0 heterocycles. The zero-order valence-electron chi connectivity index (χ0n) is 9.64. The van der Waals surface area contributed by atoms with Crippen molar-refractivity contribution in [1.29, 1.82) is 0 Å². The van der Waals surface area contributed by atoms with Gasteiger partial charge in [0.2, 0.25) is 0 Å². The standard InChI is InChI=1S/C12H22O2/c1-4-7-8-9-10-11(5-2)12(13)14-6-3/h5H,4,6-10H2,1-3H3/b11-5+. The quantitative estimate of drug-likeness (QED) is 0.356. The molecule has 0 spiro atoms. The number of allylic oxidation sites excluding steroid dienone is 1.